The molecule has 0 spiro atoms. The molecule has 3 aromatic rings. The lowest BCUT2D eigenvalue weighted by molar-refractivity contribution is -0.115. The van der Waals surface area contributed by atoms with Gasteiger partial charge in [-0.05, 0) is 36.2 Å². The number of ether oxygens (including phenoxy) is 2. The molecule has 0 radical (unpaired) electrons. The van der Waals surface area contributed by atoms with Gasteiger partial charge in [0.25, 0.3) is 0 Å². The predicted octanol–water partition coefficient (Wildman–Crippen LogP) is 4.16. The number of nitrogens with one attached hydrogen (secondary N) is 1. The van der Waals surface area contributed by atoms with Crippen LogP contribution in [0.5, 0.6) is 11.5 Å². The highest BCUT2D eigenvalue weighted by molar-refractivity contribution is 9.10. The van der Waals surface area contributed by atoms with E-state index in [2.05, 4.69) is 33.2 Å². The maximum atomic E-state index is 12.7. The minimum Gasteiger partial charge on any atom is -0.486 e. The van der Waals surface area contributed by atoms with Gasteiger partial charge in [-0.2, -0.15) is 0 Å². The van der Waals surface area contributed by atoms with Crippen molar-refractivity contribution in [1.29, 1.82) is 0 Å². The van der Waals surface area contributed by atoms with Crippen LogP contribution in [-0.2, 0) is 17.8 Å². The summed E-state index contributed by atoms with van der Waals surface area (Å²) in [4.78, 5) is 17.3. The van der Waals surface area contributed by atoms with Gasteiger partial charge in [0.1, 0.15) is 13.2 Å². The summed E-state index contributed by atoms with van der Waals surface area (Å²) in [5.41, 5.74) is 2.74. The Morgan fingerprint density at radius 1 is 1.22 bits per heavy atom. The van der Waals surface area contributed by atoms with Crippen LogP contribution in [0.1, 0.15) is 18.9 Å². The van der Waals surface area contributed by atoms with Crippen molar-refractivity contribution < 1.29 is 14.3 Å². The Morgan fingerprint density at radius 3 is 2.74 bits per heavy atom. The first-order valence-electron chi connectivity index (χ1n) is 8.99. The first kappa shape index (κ1) is 17.9. The number of imidazole rings is 1. The van der Waals surface area contributed by atoms with Gasteiger partial charge in [0.05, 0.1) is 17.5 Å². The predicted molar refractivity (Wildman–Crippen MR) is 107 cm³/mol. The first-order valence-corrected chi connectivity index (χ1v) is 9.78. The monoisotopic (exact) mass is 429 g/mol. The number of aromatic nitrogens is 2. The molecule has 0 saturated carbocycles. The van der Waals surface area contributed by atoms with E-state index < -0.39 is 0 Å². The number of hydrogen-bond donors (Lipinski definition) is 1. The average Bonchev–Trinajstić information content (AvgIpc) is 3.00. The van der Waals surface area contributed by atoms with Gasteiger partial charge in [0.2, 0.25) is 11.9 Å². The summed E-state index contributed by atoms with van der Waals surface area (Å²) in [5, 5.41) is 2.96. The fourth-order valence-corrected chi connectivity index (χ4v) is 3.67. The zero-order valence-electron chi connectivity index (χ0n) is 15.0. The number of benzene rings is 2. The molecular weight excluding hydrogens is 410 g/mol. The summed E-state index contributed by atoms with van der Waals surface area (Å²) in [6, 6.07) is 11.6. The molecule has 0 saturated heterocycles. The number of nitrogens with zero attached hydrogens (tertiary/aromatic N) is 2. The number of halogens is 1. The van der Waals surface area contributed by atoms with E-state index in [1.165, 1.54) is 0 Å². The molecule has 1 aromatic heterocycles. The van der Waals surface area contributed by atoms with E-state index in [0.29, 0.717) is 30.7 Å². The van der Waals surface area contributed by atoms with E-state index in [-0.39, 0.29) is 12.3 Å². The highest BCUT2D eigenvalue weighted by Gasteiger charge is 2.18. The summed E-state index contributed by atoms with van der Waals surface area (Å²) in [6.07, 6.45) is 1.17. The second-order valence-corrected chi connectivity index (χ2v) is 7.24. The van der Waals surface area contributed by atoms with Crippen LogP contribution in [0, 0.1) is 0 Å². The van der Waals surface area contributed by atoms with Gasteiger partial charge in [0.15, 0.2) is 11.5 Å². The van der Waals surface area contributed by atoms with Crippen LogP contribution in [0.3, 0.4) is 0 Å². The molecule has 4 rings (SSSR count). The molecule has 0 bridgehead atoms. The van der Waals surface area contributed by atoms with Crippen LogP contribution >= 0.6 is 15.9 Å². The summed E-state index contributed by atoms with van der Waals surface area (Å²) in [5.74, 6) is 1.82. The van der Waals surface area contributed by atoms with Crippen molar-refractivity contribution in [2.45, 2.75) is 26.3 Å². The molecule has 27 heavy (non-hydrogen) atoms. The topological polar surface area (TPSA) is 65.4 Å². The Kier molecular flexibility index (Phi) is 5.03. The molecule has 0 aliphatic carbocycles. The van der Waals surface area contributed by atoms with E-state index in [0.717, 1.165) is 34.0 Å². The largest absolute Gasteiger partial charge is 0.486 e. The lowest BCUT2D eigenvalue weighted by Gasteiger charge is -2.19. The molecule has 6 nitrogen and oxygen atoms in total. The van der Waals surface area contributed by atoms with Gasteiger partial charge in [-0.1, -0.05) is 35.0 Å². The Balaban J connectivity index is 1.56. The molecule has 2 heterocycles. The third-order valence-corrected chi connectivity index (χ3v) is 5.15. The van der Waals surface area contributed by atoms with Gasteiger partial charge in [-0.15, -0.1) is 0 Å². The summed E-state index contributed by atoms with van der Waals surface area (Å²) in [7, 11) is 0. The third-order valence-electron chi connectivity index (χ3n) is 4.42. The highest BCUT2D eigenvalue weighted by atomic mass is 79.9. The minimum atomic E-state index is -0.125. The number of carbonyl (C=O) groups excluding carboxylic acids is 1. The molecule has 0 fully saturated rings. The number of fused-ring (bicyclic) bond motifs is 2. The standard InChI is InChI=1S/C20H20BrN3O3/c1-2-7-24-16-6-4-3-5-15(16)22-20(24)23-19(25)11-13-10-17-18(12-14(13)21)27-9-8-26-17/h3-6,10,12H,2,7-9,11H2,1H3,(H,22,23,25). The Bertz CT molecular complexity index is 1000. The van der Waals surface area contributed by atoms with E-state index in [9.17, 15) is 4.79 Å². The zero-order chi connectivity index (χ0) is 18.8. The number of amides is 1. The van der Waals surface area contributed by atoms with E-state index >= 15 is 0 Å². The van der Waals surface area contributed by atoms with Crippen molar-refractivity contribution >= 4 is 38.8 Å². The molecule has 7 heteroatoms. The van der Waals surface area contributed by atoms with E-state index in [1.807, 2.05) is 41.0 Å². The molecule has 140 valence electrons. The zero-order valence-corrected chi connectivity index (χ0v) is 16.6. The fourth-order valence-electron chi connectivity index (χ4n) is 3.20. The maximum absolute atomic E-state index is 12.7. The maximum Gasteiger partial charge on any atom is 0.231 e. The Labute approximate surface area is 165 Å². The Morgan fingerprint density at radius 2 is 1.96 bits per heavy atom. The van der Waals surface area contributed by atoms with Crippen LogP contribution in [0.25, 0.3) is 11.0 Å². The number of anilines is 1. The van der Waals surface area contributed by atoms with Gasteiger partial charge >= 0.3 is 0 Å². The van der Waals surface area contributed by atoms with Crippen molar-refractivity contribution in [1.82, 2.24) is 9.55 Å². The normalized spacial score (nSPS) is 13.0. The first-order chi connectivity index (χ1) is 13.2. The van der Waals surface area contributed by atoms with Crippen molar-refractivity contribution in [2.75, 3.05) is 18.5 Å². The van der Waals surface area contributed by atoms with Crippen LogP contribution in [0.4, 0.5) is 5.95 Å². The van der Waals surface area contributed by atoms with E-state index in [4.69, 9.17) is 9.47 Å². The molecule has 1 aliphatic heterocycles. The fraction of sp³-hybridized carbons (Fsp3) is 0.300. The summed E-state index contributed by atoms with van der Waals surface area (Å²) >= 11 is 3.52. The third kappa shape index (κ3) is 3.64. The van der Waals surface area contributed by atoms with Crippen molar-refractivity contribution in [3.05, 3.63) is 46.4 Å². The van der Waals surface area contributed by atoms with E-state index in [1.54, 1.807) is 0 Å². The smallest absolute Gasteiger partial charge is 0.231 e. The molecular formula is C20H20BrN3O3. The van der Waals surface area contributed by atoms with Gasteiger partial charge in [-0.3, -0.25) is 10.1 Å². The highest BCUT2D eigenvalue weighted by Crippen LogP contribution is 2.35. The Hall–Kier alpha value is -2.54. The SMILES string of the molecule is CCCn1c(NC(=O)Cc2cc3c(cc2Br)OCCO3)nc2ccccc21. The quantitative estimate of drug-likeness (QED) is 0.660. The van der Waals surface area contributed by atoms with Crippen LogP contribution in [0.15, 0.2) is 40.9 Å². The van der Waals surface area contributed by atoms with Crippen molar-refractivity contribution in [3.8, 4) is 11.5 Å². The van der Waals surface area contributed by atoms with Gasteiger partial charge in [-0.25, -0.2) is 4.98 Å². The average molecular weight is 430 g/mol. The molecule has 1 amide bonds. The van der Waals surface area contributed by atoms with Crippen LogP contribution in [-0.4, -0.2) is 28.7 Å². The van der Waals surface area contributed by atoms with Crippen molar-refractivity contribution in [3.63, 3.8) is 0 Å². The van der Waals surface area contributed by atoms with Crippen molar-refractivity contribution in [2.24, 2.45) is 0 Å². The molecule has 1 N–H and O–H groups in total. The summed E-state index contributed by atoms with van der Waals surface area (Å²) in [6.45, 7) is 3.95. The molecule has 0 unspecified atom stereocenters. The van der Waals surface area contributed by atoms with Crippen LogP contribution in [0.2, 0.25) is 0 Å². The van der Waals surface area contributed by atoms with Gasteiger partial charge in [0, 0.05) is 11.0 Å². The molecule has 1 aliphatic rings. The summed E-state index contributed by atoms with van der Waals surface area (Å²) < 4.78 is 14.1. The molecule has 0 atom stereocenters. The second kappa shape index (κ2) is 7.60. The molecule has 2 aromatic carbocycles. The number of para-hydroxylation sites is 2. The lowest BCUT2D eigenvalue weighted by Crippen LogP contribution is -2.19. The van der Waals surface area contributed by atoms with Crippen LogP contribution < -0.4 is 14.8 Å². The lowest BCUT2D eigenvalue weighted by atomic mass is 10.1. The second-order valence-electron chi connectivity index (χ2n) is 6.39. The number of carbonyl (C=O) groups is 1. The minimum absolute atomic E-state index is 0.125. The number of aryl methyl sites for hydroxylation is 1. The number of hydrogen-bond acceptors (Lipinski definition) is 4. The number of rotatable bonds is 5. The van der Waals surface area contributed by atoms with Gasteiger partial charge < -0.3 is 14.0 Å².